The quantitative estimate of drug-likeness (QED) is 0.482. The summed E-state index contributed by atoms with van der Waals surface area (Å²) in [7, 11) is 0. The molecule has 0 saturated heterocycles. The number of aliphatic imine (C=N–C) groups is 1. The highest BCUT2D eigenvalue weighted by Crippen LogP contribution is 2.27. The van der Waals surface area contributed by atoms with Crippen LogP contribution in [-0.2, 0) is 11.3 Å². The van der Waals surface area contributed by atoms with E-state index < -0.39 is 23.3 Å². The van der Waals surface area contributed by atoms with Crippen molar-refractivity contribution in [3.63, 3.8) is 0 Å². The van der Waals surface area contributed by atoms with Gasteiger partial charge in [0, 0.05) is 17.8 Å². The molecule has 3 heterocycles. The van der Waals surface area contributed by atoms with Crippen molar-refractivity contribution >= 4 is 11.8 Å². The fourth-order valence-electron chi connectivity index (χ4n) is 3.33. The fourth-order valence-corrected chi connectivity index (χ4v) is 3.33. The first-order valence-corrected chi connectivity index (χ1v) is 10.2. The fraction of sp³-hybridized carbons (Fsp3) is 0.200. The molecule has 1 unspecified atom stereocenters. The van der Waals surface area contributed by atoms with Gasteiger partial charge in [0.1, 0.15) is 5.83 Å². The Hall–Kier alpha value is -3.96. The van der Waals surface area contributed by atoms with E-state index in [0.717, 1.165) is 6.21 Å². The van der Waals surface area contributed by atoms with E-state index >= 15 is 0 Å². The summed E-state index contributed by atoms with van der Waals surface area (Å²) in [5.74, 6) is -0.941. The lowest BCUT2D eigenvalue weighted by molar-refractivity contribution is 0.142. The normalized spacial score (nSPS) is 20.0. The maximum absolute atomic E-state index is 13.9. The zero-order chi connectivity index (χ0) is 23.8. The molecule has 0 bridgehead atoms. The summed E-state index contributed by atoms with van der Waals surface area (Å²) in [5, 5.41) is 9.29. The Bertz CT molecular complexity index is 1260. The Morgan fingerprint density at radius 2 is 2.24 bits per heavy atom. The molecule has 33 heavy (non-hydrogen) atoms. The lowest BCUT2D eigenvalue weighted by Crippen LogP contribution is -2.28. The summed E-state index contributed by atoms with van der Waals surface area (Å²) in [6, 6.07) is 6.45. The Balaban J connectivity index is 2.33. The second-order valence-corrected chi connectivity index (χ2v) is 7.21. The van der Waals surface area contributed by atoms with E-state index in [-0.39, 0.29) is 18.8 Å². The molecule has 6 nitrogen and oxygen atoms in total. The number of nitriles is 1. The van der Waals surface area contributed by atoms with Crippen molar-refractivity contribution in [2.24, 2.45) is 4.99 Å². The molecule has 168 valence electrons. The first-order valence-electron chi connectivity index (χ1n) is 10.2. The lowest BCUT2D eigenvalue weighted by atomic mass is 9.98. The Labute approximate surface area is 190 Å². The van der Waals surface area contributed by atoms with E-state index in [2.05, 4.69) is 9.98 Å². The number of ether oxygens (including phenoxy) is 1. The van der Waals surface area contributed by atoms with E-state index in [1.165, 1.54) is 48.1 Å². The predicted molar refractivity (Wildman–Crippen MR) is 123 cm³/mol. The third kappa shape index (κ3) is 5.84. The third-order valence-corrected chi connectivity index (χ3v) is 4.88. The van der Waals surface area contributed by atoms with Crippen molar-refractivity contribution in [1.82, 2.24) is 9.55 Å². The second-order valence-electron chi connectivity index (χ2n) is 7.21. The summed E-state index contributed by atoms with van der Waals surface area (Å²) in [6.07, 6.45) is 10.8. The monoisotopic (exact) mass is 448 g/mol. The van der Waals surface area contributed by atoms with Crippen LogP contribution in [0.5, 0.6) is 0 Å². The van der Waals surface area contributed by atoms with E-state index in [0.29, 0.717) is 22.5 Å². The second kappa shape index (κ2) is 11.1. The lowest BCUT2D eigenvalue weighted by Gasteiger charge is -2.21. The number of fused-ring (bicyclic) bond motifs is 1. The number of rotatable bonds is 4. The highest BCUT2D eigenvalue weighted by atomic mass is 19.1. The molecule has 0 aromatic carbocycles. The van der Waals surface area contributed by atoms with Crippen molar-refractivity contribution in [2.45, 2.75) is 26.5 Å². The summed E-state index contributed by atoms with van der Waals surface area (Å²) in [5.41, 5.74) is 1.74. The first kappa shape index (κ1) is 23.7. The van der Waals surface area contributed by atoms with Crippen LogP contribution in [0, 0.1) is 11.3 Å². The molecule has 1 aliphatic rings. The average Bonchev–Trinajstić information content (AvgIpc) is 2.80. The SMILES string of the molecule is C\C(F)=C/C=C\C(=C\C#N)c1cc2c(n(-c3cccnc3)c1=O)COC/C=C(F)\C=N/C2C. The van der Waals surface area contributed by atoms with Crippen LogP contribution in [0.25, 0.3) is 11.3 Å². The molecule has 0 spiro atoms. The van der Waals surface area contributed by atoms with Gasteiger partial charge in [0.25, 0.3) is 5.56 Å². The highest BCUT2D eigenvalue weighted by Gasteiger charge is 2.21. The van der Waals surface area contributed by atoms with E-state index in [1.807, 2.05) is 6.07 Å². The average molecular weight is 448 g/mol. The zero-order valence-corrected chi connectivity index (χ0v) is 18.2. The smallest absolute Gasteiger partial charge is 0.263 e. The number of aromatic nitrogens is 2. The van der Waals surface area contributed by atoms with Gasteiger partial charge in [-0.05, 0) is 55.3 Å². The van der Waals surface area contributed by atoms with Crippen LogP contribution in [-0.4, -0.2) is 22.4 Å². The van der Waals surface area contributed by atoms with Gasteiger partial charge >= 0.3 is 0 Å². The number of halogens is 2. The van der Waals surface area contributed by atoms with Crippen molar-refractivity contribution in [3.8, 4) is 11.8 Å². The maximum Gasteiger partial charge on any atom is 0.263 e. The molecule has 2 aromatic rings. The van der Waals surface area contributed by atoms with E-state index in [1.54, 1.807) is 31.3 Å². The van der Waals surface area contributed by atoms with Gasteiger partial charge < -0.3 is 4.74 Å². The highest BCUT2D eigenvalue weighted by molar-refractivity contribution is 5.77. The predicted octanol–water partition coefficient (Wildman–Crippen LogP) is 5.08. The molecule has 0 fully saturated rings. The molecule has 8 heteroatoms. The van der Waals surface area contributed by atoms with Gasteiger partial charge in [0.15, 0.2) is 0 Å². The van der Waals surface area contributed by atoms with Crippen LogP contribution >= 0.6 is 0 Å². The number of pyridine rings is 2. The maximum atomic E-state index is 13.9. The first-order chi connectivity index (χ1) is 15.9. The molecule has 2 aromatic heterocycles. The minimum Gasteiger partial charge on any atom is -0.371 e. The summed E-state index contributed by atoms with van der Waals surface area (Å²) < 4.78 is 34.1. The van der Waals surface area contributed by atoms with Gasteiger partial charge in [-0.3, -0.25) is 19.3 Å². The van der Waals surface area contributed by atoms with Crippen LogP contribution in [0.4, 0.5) is 8.78 Å². The van der Waals surface area contributed by atoms with Crippen molar-refractivity contribution < 1.29 is 13.5 Å². The van der Waals surface area contributed by atoms with E-state index in [4.69, 9.17) is 4.74 Å². The van der Waals surface area contributed by atoms with Crippen LogP contribution < -0.4 is 5.56 Å². The Morgan fingerprint density at radius 3 is 2.94 bits per heavy atom. The topological polar surface area (TPSA) is 80.3 Å². The van der Waals surface area contributed by atoms with E-state index in [9.17, 15) is 18.8 Å². The summed E-state index contributed by atoms with van der Waals surface area (Å²) in [6.45, 7) is 3.09. The number of hydrogen-bond donors (Lipinski definition) is 0. The van der Waals surface area contributed by atoms with Gasteiger partial charge in [-0.2, -0.15) is 5.26 Å². The largest absolute Gasteiger partial charge is 0.371 e. The molecular formula is C25H22F2N4O2. The zero-order valence-electron chi connectivity index (χ0n) is 18.2. The molecule has 0 amide bonds. The minimum absolute atomic E-state index is 0.00585. The van der Waals surface area contributed by atoms with Crippen LogP contribution in [0.3, 0.4) is 0 Å². The molecule has 1 aliphatic heterocycles. The minimum atomic E-state index is -0.525. The summed E-state index contributed by atoms with van der Waals surface area (Å²) in [4.78, 5) is 22.1. The third-order valence-electron chi connectivity index (χ3n) is 4.88. The number of allylic oxidation sites excluding steroid dienone is 7. The molecule has 3 rings (SSSR count). The molecular weight excluding hydrogens is 426 g/mol. The molecule has 1 atom stereocenters. The molecule has 0 radical (unpaired) electrons. The Morgan fingerprint density at radius 1 is 1.42 bits per heavy atom. The van der Waals surface area contributed by atoms with Crippen LogP contribution in [0.15, 0.2) is 82.4 Å². The molecule has 0 N–H and O–H groups in total. The van der Waals surface area contributed by atoms with Gasteiger partial charge in [0.05, 0.1) is 54.9 Å². The summed E-state index contributed by atoms with van der Waals surface area (Å²) >= 11 is 0. The van der Waals surface area contributed by atoms with Gasteiger partial charge in [-0.15, -0.1) is 0 Å². The molecule has 0 saturated carbocycles. The van der Waals surface area contributed by atoms with Gasteiger partial charge in [0.2, 0.25) is 0 Å². The van der Waals surface area contributed by atoms with Gasteiger partial charge in [-0.1, -0.05) is 12.2 Å². The Kier molecular flexibility index (Phi) is 7.95. The van der Waals surface area contributed by atoms with Gasteiger partial charge in [-0.25, -0.2) is 8.78 Å². The van der Waals surface area contributed by atoms with Crippen LogP contribution in [0.2, 0.25) is 0 Å². The number of hydrogen-bond acceptors (Lipinski definition) is 5. The van der Waals surface area contributed by atoms with Crippen molar-refractivity contribution in [1.29, 1.82) is 5.26 Å². The number of nitrogens with zero attached hydrogens (tertiary/aromatic N) is 4. The van der Waals surface area contributed by atoms with Crippen LogP contribution in [0.1, 0.15) is 36.7 Å². The molecule has 0 aliphatic carbocycles. The standard InChI is InChI=1S/C25H22F2N4O2/c1-17(26)5-3-6-19(8-10-28)23-13-22-18(2)30-14-20(27)9-12-33-16-24(22)31(25(23)32)21-7-4-11-29-15-21/h3-9,11,13-15,18H,12,16H2,1-2H3/b6-3-,17-5+,19-8-,20-9+,30-14-. The van der Waals surface area contributed by atoms with Crippen molar-refractivity contribution in [3.05, 3.63) is 99.8 Å². The van der Waals surface area contributed by atoms with Crippen molar-refractivity contribution in [2.75, 3.05) is 6.61 Å².